The van der Waals surface area contributed by atoms with Crippen LogP contribution >= 0.6 is 0 Å². The first-order valence-corrected chi connectivity index (χ1v) is 11.0. The Balaban J connectivity index is 1.46. The molecule has 0 atom stereocenters. The lowest BCUT2D eigenvalue weighted by atomic mass is 9.98. The van der Waals surface area contributed by atoms with Crippen molar-refractivity contribution in [1.29, 1.82) is 0 Å². The van der Waals surface area contributed by atoms with Crippen LogP contribution in [0.4, 0.5) is 9.59 Å². The third kappa shape index (κ3) is 5.37. The molecule has 7 nitrogen and oxygen atoms in total. The average Bonchev–Trinajstić information content (AvgIpc) is 3.40. The van der Waals surface area contributed by atoms with E-state index in [1.54, 1.807) is 33.1 Å². The number of carbonyl (C=O) groups is 2. The zero-order valence-electron chi connectivity index (χ0n) is 19.0. The Morgan fingerprint density at radius 1 is 0.970 bits per heavy atom. The summed E-state index contributed by atoms with van der Waals surface area (Å²) in [7, 11) is 0. The van der Waals surface area contributed by atoms with E-state index in [0.717, 1.165) is 27.3 Å². The molecule has 0 saturated carbocycles. The van der Waals surface area contributed by atoms with Crippen molar-refractivity contribution in [3.05, 3.63) is 83.8 Å². The fraction of sp³-hybridized carbons (Fsp3) is 0.308. The van der Waals surface area contributed by atoms with Crippen molar-refractivity contribution in [2.45, 2.75) is 38.7 Å². The number of benzene rings is 2. The highest BCUT2D eigenvalue weighted by Crippen LogP contribution is 2.44. The fourth-order valence-corrected chi connectivity index (χ4v) is 3.95. The minimum atomic E-state index is -0.726. The molecule has 1 N–H and O–H groups in total. The van der Waals surface area contributed by atoms with Gasteiger partial charge in [-0.1, -0.05) is 48.5 Å². The Labute approximate surface area is 193 Å². The lowest BCUT2D eigenvalue weighted by Gasteiger charge is -2.26. The van der Waals surface area contributed by atoms with Gasteiger partial charge in [0.05, 0.1) is 12.8 Å². The number of furan rings is 1. The maximum Gasteiger partial charge on any atom is 0.428 e. The van der Waals surface area contributed by atoms with Crippen molar-refractivity contribution in [1.82, 2.24) is 10.4 Å². The highest BCUT2D eigenvalue weighted by atomic mass is 16.6. The van der Waals surface area contributed by atoms with Crippen LogP contribution in [0.2, 0.25) is 0 Å². The molecule has 0 aliphatic heterocycles. The van der Waals surface area contributed by atoms with E-state index in [0.29, 0.717) is 12.2 Å². The predicted molar refractivity (Wildman–Crippen MR) is 124 cm³/mol. The molecule has 0 unspecified atom stereocenters. The number of hydrogen-bond donors (Lipinski definition) is 1. The van der Waals surface area contributed by atoms with E-state index >= 15 is 0 Å². The predicted octanol–water partition coefficient (Wildman–Crippen LogP) is 5.51. The van der Waals surface area contributed by atoms with Crippen molar-refractivity contribution in [2.75, 3.05) is 13.2 Å². The number of ether oxygens (including phenoxy) is 2. The van der Waals surface area contributed by atoms with Gasteiger partial charge < -0.3 is 13.9 Å². The molecule has 7 heteroatoms. The van der Waals surface area contributed by atoms with Crippen molar-refractivity contribution < 1.29 is 23.5 Å². The average molecular weight is 449 g/mol. The number of nitrogens with one attached hydrogen (secondary N) is 1. The molecule has 33 heavy (non-hydrogen) atoms. The monoisotopic (exact) mass is 448 g/mol. The Morgan fingerprint density at radius 2 is 1.61 bits per heavy atom. The number of hydrazine groups is 1. The van der Waals surface area contributed by atoms with E-state index in [4.69, 9.17) is 13.9 Å². The summed E-state index contributed by atoms with van der Waals surface area (Å²) in [5.41, 5.74) is 6.34. The molecule has 172 valence electrons. The summed E-state index contributed by atoms with van der Waals surface area (Å²) in [6, 6.07) is 19.8. The third-order valence-corrected chi connectivity index (χ3v) is 5.34. The van der Waals surface area contributed by atoms with E-state index in [2.05, 4.69) is 29.7 Å². The fourth-order valence-electron chi connectivity index (χ4n) is 3.95. The van der Waals surface area contributed by atoms with Gasteiger partial charge in [-0.3, -0.25) is 0 Å². The molecule has 1 aliphatic rings. The molecule has 3 aromatic rings. The number of carbonyl (C=O) groups excluding carboxylic acids is 2. The van der Waals surface area contributed by atoms with Gasteiger partial charge in [-0.2, -0.15) is 0 Å². The molecule has 4 rings (SSSR count). The number of fused-ring (bicyclic) bond motifs is 3. The highest BCUT2D eigenvalue weighted by molar-refractivity contribution is 5.79. The van der Waals surface area contributed by atoms with Crippen LogP contribution in [-0.4, -0.2) is 35.9 Å². The molecular weight excluding hydrogens is 420 g/mol. The SMILES string of the molecule is CC(C)(C)OC(=O)NN(CCc1ccco1)C(=O)OCC1c2ccccc2-c2ccccc21. The van der Waals surface area contributed by atoms with Gasteiger partial charge in [-0.05, 0) is 55.2 Å². The second-order valence-electron chi connectivity index (χ2n) is 8.90. The van der Waals surface area contributed by atoms with Crippen LogP contribution < -0.4 is 5.43 Å². The van der Waals surface area contributed by atoms with Crippen LogP contribution in [0.1, 0.15) is 43.6 Å². The van der Waals surface area contributed by atoms with Crippen molar-refractivity contribution in [2.24, 2.45) is 0 Å². The first-order valence-electron chi connectivity index (χ1n) is 11.0. The van der Waals surface area contributed by atoms with Gasteiger partial charge in [0, 0.05) is 12.3 Å². The van der Waals surface area contributed by atoms with Crippen LogP contribution in [-0.2, 0) is 15.9 Å². The quantitative estimate of drug-likeness (QED) is 0.520. The molecule has 0 saturated heterocycles. The smallest absolute Gasteiger partial charge is 0.428 e. The zero-order valence-corrected chi connectivity index (χ0v) is 19.0. The summed E-state index contributed by atoms with van der Waals surface area (Å²) in [5, 5.41) is 1.13. The molecule has 0 bridgehead atoms. The molecule has 0 fully saturated rings. The minimum Gasteiger partial charge on any atom is -0.469 e. The topological polar surface area (TPSA) is 81.0 Å². The molecule has 1 aromatic heterocycles. The second-order valence-corrected chi connectivity index (χ2v) is 8.90. The first kappa shape index (κ1) is 22.5. The summed E-state index contributed by atoms with van der Waals surface area (Å²) in [5.74, 6) is 0.618. The van der Waals surface area contributed by atoms with Gasteiger partial charge in [-0.15, -0.1) is 0 Å². The van der Waals surface area contributed by atoms with Gasteiger partial charge in [-0.25, -0.2) is 20.0 Å². The Morgan fingerprint density at radius 3 is 2.18 bits per heavy atom. The van der Waals surface area contributed by atoms with Crippen molar-refractivity contribution in [3.63, 3.8) is 0 Å². The first-order chi connectivity index (χ1) is 15.8. The van der Waals surface area contributed by atoms with Gasteiger partial charge in [0.25, 0.3) is 0 Å². The maximum atomic E-state index is 13.0. The summed E-state index contributed by atoms with van der Waals surface area (Å²) in [4.78, 5) is 25.3. The van der Waals surface area contributed by atoms with Crippen LogP contribution in [0.25, 0.3) is 11.1 Å². The highest BCUT2D eigenvalue weighted by Gasteiger charge is 2.30. The zero-order chi connectivity index (χ0) is 23.4. The normalized spacial score (nSPS) is 12.6. The van der Waals surface area contributed by atoms with E-state index in [-0.39, 0.29) is 19.1 Å². The summed E-state index contributed by atoms with van der Waals surface area (Å²) >= 11 is 0. The Hall–Kier alpha value is -3.74. The summed E-state index contributed by atoms with van der Waals surface area (Å²) in [6.45, 7) is 5.59. The van der Waals surface area contributed by atoms with E-state index in [1.807, 2.05) is 30.3 Å². The maximum absolute atomic E-state index is 13.0. The minimum absolute atomic E-state index is 0.0743. The lowest BCUT2D eigenvalue weighted by Crippen LogP contribution is -2.49. The number of nitrogens with zero attached hydrogens (tertiary/aromatic N) is 1. The van der Waals surface area contributed by atoms with Crippen LogP contribution in [0.3, 0.4) is 0 Å². The van der Waals surface area contributed by atoms with E-state index < -0.39 is 17.8 Å². The number of hydrogen-bond acceptors (Lipinski definition) is 5. The van der Waals surface area contributed by atoms with Crippen LogP contribution in [0.15, 0.2) is 71.3 Å². The molecular formula is C26H28N2O5. The van der Waals surface area contributed by atoms with Gasteiger partial charge >= 0.3 is 12.2 Å². The van der Waals surface area contributed by atoms with Gasteiger partial charge in [0.1, 0.15) is 18.0 Å². The summed E-state index contributed by atoms with van der Waals surface area (Å²) < 4.78 is 16.3. The van der Waals surface area contributed by atoms with E-state index in [9.17, 15) is 9.59 Å². The standard InChI is InChI=1S/C26H28N2O5/c1-26(2,3)33-24(29)27-28(15-14-18-9-8-16-31-18)25(30)32-17-23-21-12-6-4-10-19(21)20-11-5-7-13-22(20)23/h4-13,16,23H,14-15,17H2,1-3H3,(H,27,29). The molecule has 1 heterocycles. The Kier molecular flexibility index (Phi) is 6.40. The van der Waals surface area contributed by atoms with Gasteiger partial charge in [0.2, 0.25) is 0 Å². The van der Waals surface area contributed by atoms with Gasteiger partial charge in [0.15, 0.2) is 0 Å². The molecule has 1 aliphatic carbocycles. The molecule has 2 amide bonds. The lowest BCUT2D eigenvalue weighted by molar-refractivity contribution is 0.0276. The number of amides is 2. The second kappa shape index (κ2) is 9.40. The largest absolute Gasteiger partial charge is 0.469 e. The molecule has 0 spiro atoms. The Bertz CT molecular complexity index is 1070. The summed E-state index contributed by atoms with van der Waals surface area (Å²) in [6.07, 6.45) is 0.589. The third-order valence-electron chi connectivity index (χ3n) is 5.34. The molecule has 2 aromatic carbocycles. The van der Waals surface area contributed by atoms with Crippen molar-refractivity contribution >= 4 is 12.2 Å². The molecule has 0 radical (unpaired) electrons. The van der Waals surface area contributed by atoms with Crippen molar-refractivity contribution in [3.8, 4) is 11.1 Å². The van der Waals surface area contributed by atoms with Crippen LogP contribution in [0, 0.1) is 0 Å². The number of rotatable bonds is 5. The van der Waals surface area contributed by atoms with E-state index in [1.165, 1.54) is 0 Å². The van der Waals surface area contributed by atoms with Crippen LogP contribution in [0.5, 0.6) is 0 Å².